The molecule has 16 heteroatoms. The highest BCUT2D eigenvalue weighted by molar-refractivity contribution is 7.92. The number of sulfonamides is 1. The summed E-state index contributed by atoms with van der Waals surface area (Å²) in [6.07, 6.45) is -3.70. The van der Waals surface area contributed by atoms with Gasteiger partial charge in [0.2, 0.25) is 21.8 Å². The summed E-state index contributed by atoms with van der Waals surface area (Å²) in [7, 11) is -2.74. The summed E-state index contributed by atoms with van der Waals surface area (Å²) in [5.41, 5.74) is -0.111. The molecule has 3 aromatic carbocycles. The first kappa shape index (κ1) is 42.5. The number of halogens is 3. The van der Waals surface area contributed by atoms with Gasteiger partial charge in [0, 0.05) is 37.3 Å². The van der Waals surface area contributed by atoms with Gasteiger partial charge in [0.05, 0.1) is 18.0 Å². The molecule has 3 rings (SSSR count). The number of carbonyl (C=O) groups excluding carboxylic acids is 4. The maximum absolute atomic E-state index is 14.1. The van der Waals surface area contributed by atoms with E-state index >= 15 is 0 Å². The molecule has 0 aliphatic carbocycles. The molecule has 0 aromatic heterocycles. The van der Waals surface area contributed by atoms with Crippen LogP contribution in [-0.4, -0.2) is 82.7 Å². The molecule has 0 spiro atoms. The van der Waals surface area contributed by atoms with Crippen LogP contribution in [0.25, 0.3) is 0 Å². The molecule has 0 aliphatic rings. The minimum Gasteiger partial charge on any atom is -0.355 e. The highest BCUT2D eigenvalue weighted by atomic mass is 32.2. The molecule has 5 N–H and O–H groups in total. The molecular weight excluding hydrogens is 714 g/mol. The average Bonchev–Trinajstić information content (AvgIpc) is 3.10. The van der Waals surface area contributed by atoms with E-state index in [9.17, 15) is 40.8 Å². The first-order chi connectivity index (χ1) is 24.8. The smallest absolute Gasteiger partial charge is 0.355 e. The fraction of sp³-hybridized carbons (Fsp3) is 0.405. The number of hydrogen-bond donors (Lipinski definition) is 5. The zero-order valence-corrected chi connectivity index (χ0v) is 31.3. The van der Waals surface area contributed by atoms with E-state index < -0.39 is 58.1 Å². The van der Waals surface area contributed by atoms with Gasteiger partial charge < -0.3 is 26.6 Å². The molecular formula is C37H47F3N6O6S. The second-order valence-electron chi connectivity index (χ2n) is 13.0. The number of anilines is 1. The molecule has 53 heavy (non-hydrogen) atoms. The van der Waals surface area contributed by atoms with E-state index in [2.05, 4.69) is 21.3 Å². The molecule has 0 heterocycles. The summed E-state index contributed by atoms with van der Waals surface area (Å²) in [6, 6.07) is 14.6. The van der Waals surface area contributed by atoms with Crippen molar-refractivity contribution < 1.29 is 40.8 Å². The number of alkyl halides is 3. The molecule has 12 nitrogen and oxygen atoms in total. The van der Waals surface area contributed by atoms with Crippen LogP contribution >= 0.6 is 0 Å². The van der Waals surface area contributed by atoms with E-state index in [4.69, 9.17) is 0 Å². The number of nitrogens with zero attached hydrogens (tertiary/aromatic N) is 1. The van der Waals surface area contributed by atoms with Crippen LogP contribution in [0.5, 0.6) is 0 Å². The molecule has 0 aliphatic heterocycles. The highest BCUT2D eigenvalue weighted by Gasteiger charge is 2.42. The summed E-state index contributed by atoms with van der Waals surface area (Å²) in [6.45, 7) is 7.44. The van der Waals surface area contributed by atoms with E-state index in [-0.39, 0.29) is 47.2 Å². The Morgan fingerprint density at radius 1 is 0.792 bits per heavy atom. The standard InChI is InChI=1S/C37H47F3N6O6S/c1-7-41-36(50)31(23(2)3)44-33(47)24(4)42-22-29(18-25-14-10-8-11-15-25)43-34(48)27-19-28(21-30(20-27)46(5)53(6,51)52)35(49)45-32(37(38,39)40)26-16-12-9-13-17-26/h8-17,19-21,23-24,29,31-32,42H,7,18,22H2,1-6H3,(H,41,50)(H,43,48)(H,44,47)(H,45,49)/t24-,29-,31-,32?/m0/s1. The summed E-state index contributed by atoms with van der Waals surface area (Å²) >= 11 is 0. The largest absolute Gasteiger partial charge is 0.412 e. The third-order valence-corrected chi connectivity index (χ3v) is 9.57. The Morgan fingerprint density at radius 2 is 1.34 bits per heavy atom. The predicted octanol–water partition coefficient (Wildman–Crippen LogP) is 3.71. The summed E-state index contributed by atoms with van der Waals surface area (Å²) in [5, 5.41) is 13.4. The van der Waals surface area contributed by atoms with Crippen molar-refractivity contribution in [3.63, 3.8) is 0 Å². The van der Waals surface area contributed by atoms with Gasteiger partial charge in [-0.1, -0.05) is 74.5 Å². The first-order valence-corrected chi connectivity index (χ1v) is 18.8. The molecule has 4 atom stereocenters. The topological polar surface area (TPSA) is 166 Å². The van der Waals surface area contributed by atoms with Gasteiger partial charge in [0.15, 0.2) is 6.04 Å². The van der Waals surface area contributed by atoms with Crippen LogP contribution in [-0.2, 0) is 26.0 Å². The van der Waals surface area contributed by atoms with Crippen LogP contribution in [0.3, 0.4) is 0 Å². The molecule has 0 fully saturated rings. The lowest BCUT2D eigenvalue weighted by Gasteiger charge is -2.26. The fourth-order valence-corrected chi connectivity index (χ4v) is 5.80. The predicted molar refractivity (Wildman–Crippen MR) is 197 cm³/mol. The molecule has 4 amide bonds. The minimum absolute atomic E-state index is 0.0589. The zero-order valence-electron chi connectivity index (χ0n) is 30.5. The van der Waals surface area contributed by atoms with Gasteiger partial charge in [-0.2, -0.15) is 13.2 Å². The number of likely N-dealkylation sites (N-methyl/N-ethyl adjacent to an activating group) is 1. The lowest BCUT2D eigenvalue weighted by Crippen LogP contribution is -2.55. The monoisotopic (exact) mass is 760 g/mol. The Balaban J connectivity index is 1.92. The SMILES string of the molecule is CCNC(=O)[C@@H](NC(=O)[C@H](C)NC[C@H](Cc1ccccc1)NC(=O)c1cc(C(=O)NC(c2ccccc2)C(F)(F)F)cc(N(C)S(C)(=O)=O)c1)C(C)C. The van der Waals surface area contributed by atoms with Crippen molar-refractivity contribution in [3.05, 3.63) is 101 Å². The Morgan fingerprint density at radius 3 is 1.85 bits per heavy atom. The number of rotatable bonds is 17. The van der Waals surface area contributed by atoms with Crippen molar-refractivity contribution in [1.29, 1.82) is 0 Å². The normalized spacial score (nSPS) is 14.0. The van der Waals surface area contributed by atoms with Crippen LogP contribution < -0.4 is 30.9 Å². The molecule has 0 radical (unpaired) electrons. The third-order valence-electron chi connectivity index (χ3n) is 8.36. The number of benzene rings is 3. The Hall–Kier alpha value is -4.96. The van der Waals surface area contributed by atoms with Crippen molar-refractivity contribution in [2.45, 2.75) is 64.5 Å². The average molecular weight is 761 g/mol. The minimum atomic E-state index is -4.87. The van der Waals surface area contributed by atoms with Crippen LogP contribution in [0.15, 0.2) is 78.9 Å². The number of nitrogens with one attached hydrogen (secondary N) is 5. The lowest BCUT2D eigenvalue weighted by molar-refractivity contribution is -0.155. The van der Waals surface area contributed by atoms with E-state index in [1.807, 2.05) is 35.6 Å². The maximum atomic E-state index is 14.1. The molecule has 1 unspecified atom stereocenters. The van der Waals surface area contributed by atoms with E-state index in [1.54, 1.807) is 27.7 Å². The second-order valence-corrected chi connectivity index (χ2v) is 15.0. The van der Waals surface area contributed by atoms with Gasteiger partial charge in [0.1, 0.15) is 6.04 Å². The number of amides is 4. The number of carbonyl (C=O) groups is 4. The Kier molecular flexibility index (Phi) is 15.0. The maximum Gasteiger partial charge on any atom is 0.412 e. The van der Waals surface area contributed by atoms with Crippen molar-refractivity contribution >= 4 is 39.3 Å². The van der Waals surface area contributed by atoms with Gasteiger partial charge in [-0.3, -0.25) is 23.5 Å². The van der Waals surface area contributed by atoms with Crippen molar-refractivity contribution in [3.8, 4) is 0 Å². The van der Waals surface area contributed by atoms with E-state index in [0.29, 0.717) is 6.54 Å². The zero-order chi connectivity index (χ0) is 39.5. The third kappa shape index (κ3) is 12.6. The number of hydrogen-bond acceptors (Lipinski definition) is 7. The second kappa shape index (κ2) is 18.7. The summed E-state index contributed by atoms with van der Waals surface area (Å²) in [4.78, 5) is 52.8. The van der Waals surface area contributed by atoms with E-state index in [1.165, 1.54) is 43.4 Å². The van der Waals surface area contributed by atoms with Crippen molar-refractivity contribution in [1.82, 2.24) is 26.6 Å². The summed E-state index contributed by atoms with van der Waals surface area (Å²) in [5.74, 6) is -2.90. The van der Waals surface area contributed by atoms with Crippen LogP contribution in [0.1, 0.15) is 65.6 Å². The molecule has 0 bridgehead atoms. The van der Waals surface area contributed by atoms with Gasteiger partial charge in [-0.05, 0) is 55.5 Å². The molecule has 3 aromatic rings. The van der Waals surface area contributed by atoms with Crippen LogP contribution in [0, 0.1) is 5.92 Å². The molecule has 288 valence electrons. The van der Waals surface area contributed by atoms with Gasteiger partial charge in [0.25, 0.3) is 11.8 Å². The van der Waals surface area contributed by atoms with Gasteiger partial charge in [-0.15, -0.1) is 0 Å². The first-order valence-electron chi connectivity index (χ1n) is 17.0. The van der Waals surface area contributed by atoms with Crippen molar-refractivity contribution in [2.24, 2.45) is 5.92 Å². The Bertz CT molecular complexity index is 1830. The Labute approximate surface area is 308 Å². The van der Waals surface area contributed by atoms with Gasteiger partial charge in [-0.25, -0.2) is 8.42 Å². The lowest BCUT2D eigenvalue weighted by atomic mass is 10.0. The summed E-state index contributed by atoms with van der Waals surface area (Å²) < 4.78 is 68.0. The molecule has 0 saturated carbocycles. The van der Waals surface area contributed by atoms with Crippen LogP contribution in [0.4, 0.5) is 18.9 Å². The van der Waals surface area contributed by atoms with E-state index in [0.717, 1.165) is 28.3 Å². The van der Waals surface area contributed by atoms with Crippen LogP contribution in [0.2, 0.25) is 0 Å². The van der Waals surface area contributed by atoms with Gasteiger partial charge >= 0.3 is 6.18 Å². The quantitative estimate of drug-likeness (QED) is 0.140. The highest BCUT2D eigenvalue weighted by Crippen LogP contribution is 2.33. The fourth-order valence-electron chi connectivity index (χ4n) is 5.31. The van der Waals surface area contributed by atoms with Crippen molar-refractivity contribution in [2.75, 3.05) is 30.7 Å². The molecule has 0 saturated heterocycles.